The summed E-state index contributed by atoms with van der Waals surface area (Å²) in [6.07, 6.45) is -0.716. The normalized spacial score (nSPS) is 19.6. The maximum absolute atomic E-state index is 12.6. The molecule has 0 aromatic heterocycles. The minimum absolute atomic E-state index is 0.0286. The molecule has 1 saturated heterocycles. The third-order valence-electron chi connectivity index (χ3n) is 3.35. The lowest BCUT2D eigenvalue weighted by Gasteiger charge is -2.18. The minimum atomic E-state index is -3.82. The third-order valence-corrected chi connectivity index (χ3v) is 5.32. The molecule has 2 rings (SSSR count). The fourth-order valence-corrected chi connectivity index (χ4v) is 4.00. The Kier molecular flexibility index (Phi) is 4.50. The Balaban J connectivity index is 2.44. The van der Waals surface area contributed by atoms with Crippen LogP contribution in [-0.4, -0.2) is 55.2 Å². The van der Waals surface area contributed by atoms with Crippen LogP contribution in [0.25, 0.3) is 0 Å². The number of carboxylic acids is 1. The number of aliphatic carboxylic acids is 1. The Morgan fingerprint density at radius 2 is 2.19 bits per heavy atom. The van der Waals surface area contributed by atoms with Crippen LogP contribution in [0.2, 0.25) is 0 Å². The predicted molar refractivity (Wildman–Crippen MR) is 73.7 cm³/mol. The van der Waals surface area contributed by atoms with Gasteiger partial charge < -0.3 is 14.9 Å². The average Bonchev–Trinajstić information content (AvgIpc) is 2.85. The summed E-state index contributed by atoms with van der Waals surface area (Å²) in [5, 5.41) is 18.4. The van der Waals surface area contributed by atoms with Crippen molar-refractivity contribution in [3.05, 3.63) is 23.8 Å². The maximum atomic E-state index is 12.6. The SMILES string of the molecule is COc1ccc(S(=O)(=O)N2CC[C@@H](O)C2)c(CC(=O)O)c1. The van der Waals surface area contributed by atoms with E-state index in [0.29, 0.717) is 12.2 Å². The van der Waals surface area contributed by atoms with Crippen molar-refractivity contribution in [2.45, 2.75) is 23.8 Å². The molecule has 1 aromatic rings. The Morgan fingerprint density at radius 1 is 1.48 bits per heavy atom. The van der Waals surface area contributed by atoms with Crippen LogP contribution in [0.3, 0.4) is 0 Å². The second-order valence-corrected chi connectivity index (χ2v) is 6.76. The molecule has 0 unspecified atom stereocenters. The molecule has 1 heterocycles. The highest BCUT2D eigenvalue weighted by Gasteiger charge is 2.33. The van der Waals surface area contributed by atoms with E-state index >= 15 is 0 Å². The van der Waals surface area contributed by atoms with E-state index in [1.165, 1.54) is 29.6 Å². The fraction of sp³-hybridized carbons (Fsp3) is 0.462. The summed E-state index contributed by atoms with van der Waals surface area (Å²) in [6, 6.07) is 4.23. The molecule has 0 spiro atoms. The summed E-state index contributed by atoms with van der Waals surface area (Å²) in [4.78, 5) is 10.9. The molecule has 1 fully saturated rings. The van der Waals surface area contributed by atoms with E-state index in [4.69, 9.17) is 9.84 Å². The van der Waals surface area contributed by atoms with Gasteiger partial charge in [0.15, 0.2) is 0 Å². The number of rotatable bonds is 5. The van der Waals surface area contributed by atoms with E-state index < -0.39 is 28.5 Å². The monoisotopic (exact) mass is 315 g/mol. The Hall–Kier alpha value is -1.64. The number of β-amino-alcohol motifs (C(OH)–C–C–N with tert-alkyl or cyclic N) is 1. The first-order valence-electron chi connectivity index (χ1n) is 6.41. The van der Waals surface area contributed by atoms with Gasteiger partial charge in [-0.2, -0.15) is 4.31 Å². The van der Waals surface area contributed by atoms with Gasteiger partial charge in [0.1, 0.15) is 5.75 Å². The quantitative estimate of drug-likeness (QED) is 0.797. The van der Waals surface area contributed by atoms with Gasteiger partial charge in [-0.1, -0.05) is 0 Å². The molecule has 1 atom stereocenters. The van der Waals surface area contributed by atoms with Crippen LogP contribution in [0.15, 0.2) is 23.1 Å². The lowest BCUT2D eigenvalue weighted by atomic mass is 10.1. The second-order valence-electron chi connectivity index (χ2n) is 4.85. The van der Waals surface area contributed by atoms with Crippen molar-refractivity contribution < 1.29 is 28.2 Å². The zero-order valence-electron chi connectivity index (χ0n) is 11.5. The number of hydrogen-bond donors (Lipinski definition) is 2. The number of carbonyl (C=O) groups is 1. The van der Waals surface area contributed by atoms with Crippen LogP contribution >= 0.6 is 0 Å². The molecule has 7 nitrogen and oxygen atoms in total. The van der Waals surface area contributed by atoms with Gasteiger partial charge in [-0.3, -0.25) is 4.79 Å². The molecule has 0 bridgehead atoms. The number of carboxylic acid groups (broad SMARTS) is 1. The van der Waals surface area contributed by atoms with Crippen molar-refractivity contribution >= 4 is 16.0 Å². The zero-order valence-corrected chi connectivity index (χ0v) is 12.3. The van der Waals surface area contributed by atoms with Crippen molar-refractivity contribution in [1.82, 2.24) is 4.31 Å². The largest absolute Gasteiger partial charge is 0.497 e. The summed E-state index contributed by atoms with van der Waals surface area (Å²) in [6.45, 7) is 0.253. The number of aliphatic hydroxyl groups excluding tert-OH is 1. The fourth-order valence-electron chi connectivity index (χ4n) is 2.30. The van der Waals surface area contributed by atoms with Crippen LogP contribution < -0.4 is 4.74 Å². The molecule has 1 aliphatic rings. The third kappa shape index (κ3) is 3.34. The van der Waals surface area contributed by atoms with Gasteiger partial charge in [-0.15, -0.1) is 0 Å². The molecule has 21 heavy (non-hydrogen) atoms. The lowest BCUT2D eigenvalue weighted by Crippen LogP contribution is -2.30. The molecular weight excluding hydrogens is 298 g/mol. The summed E-state index contributed by atoms with van der Waals surface area (Å²) < 4.78 is 31.3. The summed E-state index contributed by atoms with van der Waals surface area (Å²) >= 11 is 0. The number of nitrogens with zero attached hydrogens (tertiary/aromatic N) is 1. The molecule has 0 amide bonds. The minimum Gasteiger partial charge on any atom is -0.497 e. The number of methoxy groups -OCH3 is 1. The van der Waals surface area contributed by atoms with Gasteiger partial charge in [-0.25, -0.2) is 8.42 Å². The molecule has 0 saturated carbocycles. The summed E-state index contributed by atoms with van der Waals surface area (Å²) in [5.41, 5.74) is 0.170. The number of ether oxygens (including phenoxy) is 1. The number of hydrogen-bond acceptors (Lipinski definition) is 5. The molecule has 116 valence electrons. The smallest absolute Gasteiger partial charge is 0.307 e. The van der Waals surface area contributed by atoms with Crippen LogP contribution in [0.5, 0.6) is 5.75 Å². The number of aliphatic hydroxyl groups is 1. The van der Waals surface area contributed by atoms with E-state index in [1.807, 2.05) is 0 Å². The second kappa shape index (κ2) is 6.00. The highest BCUT2D eigenvalue weighted by Crippen LogP contribution is 2.27. The first kappa shape index (κ1) is 15.7. The van der Waals surface area contributed by atoms with E-state index in [9.17, 15) is 18.3 Å². The zero-order chi connectivity index (χ0) is 15.6. The van der Waals surface area contributed by atoms with E-state index in [0.717, 1.165) is 0 Å². The Morgan fingerprint density at radius 3 is 2.71 bits per heavy atom. The van der Waals surface area contributed by atoms with Gasteiger partial charge in [0.25, 0.3) is 0 Å². The van der Waals surface area contributed by atoms with Gasteiger partial charge in [0, 0.05) is 13.1 Å². The number of benzene rings is 1. The van der Waals surface area contributed by atoms with Crippen LogP contribution in [0.1, 0.15) is 12.0 Å². The summed E-state index contributed by atoms with van der Waals surface area (Å²) in [7, 11) is -2.40. The van der Waals surface area contributed by atoms with Gasteiger partial charge in [0.2, 0.25) is 10.0 Å². The van der Waals surface area contributed by atoms with Crippen LogP contribution in [-0.2, 0) is 21.2 Å². The molecule has 0 aliphatic carbocycles. The standard InChI is InChI=1S/C13H17NO6S/c1-20-11-2-3-12(9(6-11)7-13(16)17)21(18,19)14-5-4-10(15)8-14/h2-3,6,10,15H,4-5,7-8H2,1H3,(H,16,17)/t10-/m1/s1. The molecule has 1 aliphatic heterocycles. The Bertz CT molecular complexity index is 642. The highest BCUT2D eigenvalue weighted by molar-refractivity contribution is 7.89. The molecule has 1 aromatic carbocycles. The van der Waals surface area contributed by atoms with Gasteiger partial charge in [-0.05, 0) is 30.2 Å². The van der Waals surface area contributed by atoms with E-state index in [2.05, 4.69) is 0 Å². The van der Waals surface area contributed by atoms with Crippen molar-refractivity contribution in [3.63, 3.8) is 0 Å². The van der Waals surface area contributed by atoms with E-state index in [-0.39, 0.29) is 23.5 Å². The topological polar surface area (TPSA) is 104 Å². The van der Waals surface area contributed by atoms with Crippen molar-refractivity contribution in [2.24, 2.45) is 0 Å². The molecule has 0 radical (unpaired) electrons. The average molecular weight is 315 g/mol. The first-order chi connectivity index (χ1) is 9.84. The van der Waals surface area contributed by atoms with Gasteiger partial charge >= 0.3 is 5.97 Å². The van der Waals surface area contributed by atoms with Crippen molar-refractivity contribution in [2.75, 3.05) is 20.2 Å². The molecule has 2 N–H and O–H groups in total. The predicted octanol–water partition coefficient (Wildman–Crippen LogP) is 0.0776. The van der Waals surface area contributed by atoms with E-state index in [1.54, 1.807) is 0 Å². The van der Waals surface area contributed by atoms with Crippen molar-refractivity contribution in [1.29, 1.82) is 0 Å². The maximum Gasteiger partial charge on any atom is 0.307 e. The van der Waals surface area contributed by atoms with Crippen LogP contribution in [0, 0.1) is 0 Å². The molecule has 8 heteroatoms. The van der Waals surface area contributed by atoms with Crippen LogP contribution in [0.4, 0.5) is 0 Å². The first-order valence-corrected chi connectivity index (χ1v) is 7.85. The van der Waals surface area contributed by atoms with Crippen molar-refractivity contribution in [3.8, 4) is 5.75 Å². The number of sulfonamides is 1. The Labute approximate surface area is 122 Å². The molecular formula is C13H17NO6S. The highest BCUT2D eigenvalue weighted by atomic mass is 32.2. The lowest BCUT2D eigenvalue weighted by molar-refractivity contribution is -0.136. The summed E-state index contributed by atoms with van der Waals surface area (Å²) in [5.74, 6) is -0.729. The van der Waals surface area contributed by atoms with Gasteiger partial charge in [0.05, 0.1) is 24.5 Å².